The zero-order valence-electron chi connectivity index (χ0n) is 13.7. The Morgan fingerprint density at radius 3 is 2.80 bits per heavy atom. The van der Waals surface area contributed by atoms with Crippen molar-refractivity contribution in [1.29, 1.82) is 0 Å². The summed E-state index contributed by atoms with van der Waals surface area (Å²) in [7, 11) is 0. The number of fused-ring (bicyclic) bond motifs is 1. The first-order chi connectivity index (χ1) is 12.3. The molecular weight excluding hydrogens is 316 g/mol. The van der Waals surface area contributed by atoms with Crippen LogP contribution >= 0.6 is 0 Å². The molecule has 25 heavy (non-hydrogen) atoms. The van der Waals surface area contributed by atoms with Crippen LogP contribution in [0.15, 0.2) is 49.1 Å². The average Bonchev–Trinajstić information content (AvgIpc) is 2.68. The summed E-state index contributed by atoms with van der Waals surface area (Å²) in [6.07, 6.45) is 8.82. The van der Waals surface area contributed by atoms with Gasteiger partial charge in [-0.15, -0.1) is 0 Å². The number of hydrogen-bond donors (Lipinski definition) is 1. The van der Waals surface area contributed by atoms with Crippen LogP contribution in [-0.4, -0.2) is 40.1 Å². The van der Waals surface area contributed by atoms with Gasteiger partial charge < -0.3 is 10.1 Å². The summed E-state index contributed by atoms with van der Waals surface area (Å²) >= 11 is 0. The van der Waals surface area contributed by atoms with Crippen LogP contribution in [0.2, 0.25) is 0 Å². The van der Waals surface area contributed by atoms with Crippen LogP contribution in [0.4, 0.5) is 0 Å². The fraction of sp³-hybridized carbons (Fsp3) is 0.263. The Morgan fingerprint density at radius 2 is 2.00 bits per heavy atom. The minimum Gasteiger partial charge on any atom is -0.379 e. The lowest BCUT2D eigenvalue weighted by Crippen LogP contribution is -2.40. The molecule has 0 aliphatic carbocycles. The van der Waals surface area contributed by atoms with Gasteiger partial charge >= 0.3 is 0 Å². The topological polar surface area (TPSA) is 77.0 Å². The molecule has 1 fully saturated rings. The zero-order chi connectivity index (χ0) is 17.1. The van der Waals surface area contributed by atoms with Crippen LogP contribution in [0.25, 0.3) is 22.0 Å². The number of nitrogens with zero attached hydrogens (tertiary/aromatic N) is 3. The number of nitrogens with one attached hydrogen (secondary N) is 1. The van der Waals surface area contributed by atoms with E-state index in [-0.39, 0.29) is 11.9 Å². The fourth-order valence-corrected chi connectivity index (χ4v) is 3.07. The van der Waals surface area contributed by atoms with Gasteiger partial charge in [0.1, 0.15) is 5.69 Å². The lowest BCUT2D eigenvalue weighted by molar-refractivity contribution is 0.0622. The fourth-order valence-electron chi connectivity index (χ4n) is 3.07. The van der Waals surface area contributed by atoms with Gasteiger partial charge in [-0.3, -0.25) is 14.8 Å². The standard InChI is InChI=1S/C19H18N4O2/c24-19(22-14-2-1-9-25-12-14)18-10-15(13-3-6-20-7-4-13)16-11-21-8-5-17(16)23-18/h3-8,10-11,14H,1-2,9,12H2,(H,22,24)/t14-/m0/s1. The smallest absolute Gasteiger partial charge is 0.270 e. The Labute approximate surface area is 145 Å². The second-order valence-corrected chi connectivity index (χ2v) is 6.07. The van der Waals surface area contributed by atoms with E-state index in [9.17, 15) is 4.79 Å². The largest absolute Gasteiger partial charge is 0.379 e. The molecule has 3 aromatic heterocycles. The first-order valence-electron chi connectivity index (χ1n) is 8.35. The van der Waals surface area contributed by atoms with Crippen molar-refractivity contribution in [2.45, 2.75) is 18.9 Å². The van der Waals surface area contributed by atoms with E-state index < -0.39 is 0 Å². The summed E-state index contributed by atoms with van der Waals surface area (Å²) in [5.41, 5.74) is 3.04. The van der Waals surface area contributed by atoms with Crippen LogP contribution in [0, 0.1) is 0 Å². The van der Waals surface area contributed by atoms with Gasteiger partial charge in [-0.05, 0) is 48.2 Å². The molecule has 3 aromatic rings. The summed E-state index contributed by atoms with van der Waals surface area (Å²) in [5, 5.41) is 3.93. The molecule has 1 amide bonds. The predicted octanol–water partition coefficient (Wildman–Crippen LogP) is 2.60. The summed E-state index contributed by atoms with van der Waals surface area (Å²) in [6.45, 7) is 1.32. The zero-order valence-corrected chi connectivity index (χ0v) is 13.7. The Balaban J connectivity index is 1.73. The van der Waals surface area contributed by atoms with Crippen LogP contribution in [0.5, 0.6) is 0 Å². The van der Waals surface area contributed by atoms with Crippen molar-refractivity contribution in [1.82, 2.24) is 20.3 Å². The van der Waals surface area contributed by atoms with Gasteiger partial charge in [0.25, 0.3) is 5.91 Å². The van der Waals surface area contributed by atoms with Gasteiger partial charge in [-0.1, -0.05) is 0 Å². The van der Waals surface area contributed by atoms with Crippen molar-refractivity contribution in [3.63, 3.8) is 0 Å². The van der Waals surface area contributed by atoms with Crippen LogP contribution in [0.3, 0.4) is 0 Å². The molecule has 4 heterocycles. The third kappa shape index (κ3) is 3.34. The Kier molecular flexibility index (Phi) is 4.35. The summed E-state index contributed by atoms with van der Waals surface area (Å²) in [6, 6.07) is 7.51. The summed E-state index contributed by atoms with van der Waals surface area (Å²) in [4.78, 5) is 25.5. The molecule has 126 valence electrons. The van der Waals surface area contributed by atoms with Crippen molar-refractivity contribution in [2.75, 3.05) is 13.2 Å². The Morgan fingerprint density at radius 1 is 1.16 bits per heavy atom. The maximum Gasteiger partial charge on any atom is 0.270 e. The molecule has 0 unspecified atom stereocenters. The van der Waals surface area contributed by atoms with Crippen molar-refractivity contribution in [2.24, 2.45) is 0 Å². The van der Waals surface area contributed by atoms with E-state index in [4.69, 9.17) is 4.74 Å². The van der Waals surface area contributed by atoms with E-state index in [1.54, 1.807) is 24.8 Å². The molecular formula is C19H18N4O2. The molecule has 1 aliphatic heterocycles. The van der Waals surface area contributed by atoms with Crippen molar-refractivity contribution in [3.05, 3.63) is 54.7 Å². The first-order valence-corrected chi connectivity index (χ1v) is 8.35. The van der Waals surface area contributed by atoms with Crippen LogP contribution in [0.1, 0.15) is 23.3 Å². The van der Waals surface area contributed by atoms with E-state index >= 15 is 0 Å². The van der Waals surface area contributed by atoms with E-state index in [1.165, 1.54) is 0 Å². The maximum absolute atomic E-state index is 12.7. The quantitative estimate of drug-likeness (QED) is 0.797. The second-order valence-electron chi connectivity index (χ2n) is 6.07. The van der Waals surface area contributed by atoms with Crippen molar-refractivity contribution < 1.29 is 9.53 Å². The number of carbonyl (C=O) groups excluding carboxylic acids is 1. The third-order valence-corrected chi connectivity index (χ3v) is 4.33. The highest BCUT2D eigenvalue weighted by Crippen LogP contribution is 2.27. The lowest BCUT2D eigenvalue weighted by Gasteiger charge is -2.23. The molecule has 0 bridgehead atoms. The molecule has 0 saturated carbocycles. The van der Waals surface area contributed by atoms with E-state index in [1.807, 2.05) is 24.3 Å². The molecule has 0 spiro atoms. The minimum absolute atomic E-state index is 0.0422. The number of ether oxygens (including phenoxy) is 1. The SMILES string of the molecule is O=C(N[C@H]1CCCOC1)c1cc(-c2ccncc2)c2cnccc2n1. The lowest BCUT2D eigenvalue weighted by atomic mass is 10.0. The molecule has 6 heteroatoms. The van der Waals surface area contributed by atoms with E-state index in [0.29, 0.717) is 12.3 Å². The monoisotopic (exact) mass is 334 g/mol. The highest BCUT2D eigenvalue weighted by molar-refractivity contribution is 6.01. The molecule has 1 saturated heterocycles. The van der Waals surface area contributed by atoms with Gasteiger partial charge in [0.05, 0.1) is 18.2 Å². The highest BCUT2D eigenvalue weighted by atomic mass is 16.5. The maximum atomic E-state index is 12.7. The van der Waals surface area contributed by atoms with Crippen molar-refractivity contribution in [3.8, 4) is 11.1 Å². The molecule has 4 rings (SSSR count). The van der Waals surface area contributed by atoms with Gasteiger partial charge in [-0.25, -0.2) is 4.98 Å². The number of aromatic nitrogens is 3. The highest BCUT2D eigenvalue weighted by Gasteiger charge is 2.19. The molecule has 6 nitrogen and oxygen atoms in total. The Bertz CT molecular complexity index is 892. The average molecular weight is 334 g/mol. The summed E-state index contributed by atoms with van der Waals surface area (Å²) < 4.78 is 5.43. The Hall–Kier alpha value is -2.86. The second kappa shape index (κ2) is 6.94. The number of amides is 1. The third-order valence-electron chi connectivity index (χ3n) is 4.33. The van der Waals surface area contributed by atoms with Crippen molar-refractivity contribution >= 4 is 16.8 Å². The number of pyridine rings is 3. The van der Waals surface area contributed by atoms with Gasteiger partial charge in [0.2, 0.25) is 0 Å². The van der Waals surface area contributed by atoms with Gasteiger partial charge in [-0.2, -0.15) is 0 Å². The predicted molar refractivity (Wildman–Crippen MR) is 94.1 cm³/mol. The van der Waals surface area contributed by atoms with Crippen LogP contribution < -0.4 is 5.32 Å². The molecule has 1 aliphatic rings. The molecule has 1 N–H and O–H groups in total. The van der Waals surface area contributed by atoms with Crippen LogP contribution in [-0.2, 0) is 4.74 Å². The molecule has 0 radical (unpaired) electrons. The van der Waals surface area contributed by atoms with Gasteiger partial charge in [0, 0.05) is 36.8 Å². The van der Waals surface area contributed by atoms with Gasteiger partial charge in [0.15, 0.2) is 0 Å². The van der Waals surface area contributed by atoms with E-state index in [2.05, 4.69) is 20.3 Å². The summed E-state index contributed by atoms with van der Waals surface area (Å²) in [5.74, 6) is -0.176. The number of rotatable bonds is 3. The molecule has 1 atom stereocenters. The normalized spacial score (nSPS) is 17.4. The first kappa shape index (κ1) is 15.7. The number of carbonyl (C=O) groups is 1. The molecule has 0 aromatic carbocycles. The van der Waals surface area contributed by atoms with E-state index in [0.717, 1.165) is 41.5 Å². The number of hydrogen-bond acceptors (Lipinski definition) is 5. The minimum atomic E-state index is -0.176.